The largest absolute Gasteiger partial charge is 0.328 e. The van der Waals surface area contributed by atoms with E-state index in [0.717, 1.165) is 15.8 Å². The molecule has 3 rings (SSSR count). The Labute approximate surface area is 124 Å². The maximum atomic E-state index is 11.8. The molecule has 3 heterocycles. The van der Waals surface area contributed by atoms with Crippen molar-refractivity contribution in [2.45, 2.75) is 20.4 Å². The molecule has 104 valence electrons. The van der Waals surface area contributed by atoms with Gasteiger partial charge in [0.2, 0.25) is 0 Å². The van der Waals surface area contributed by atoms with Crippen molar-refractivity contribution < 1.29 is 0 Å². The monoisotopic (exact) mass is 308 g/mol. The zero-order valence-corrected chi connectivity index (χ0v) is 12.9. The van der Waals surface area contributed by atoms with E-state index < -0.39 is 0 Å². The number of thiophene rings is 1. The minimum absolute atomic E-state index is 0.0941. The van der Waals surface area contributed by atoms with E-state index >= 15 is 0 Å². The molecule has 3 aromatic heterocycles. The molecule has 0 unspecified atom stereocenters. The predicted octanol–water partition coefficient (Wildman–Crippen LogP) is 2.51. The van der Waals surface area contributed by atoms with Crippen molar-refractivity contribution in [3.05, 3.63) is 44.3 Å². The topological polar surface area (TPSA) is 52.7 Å². The Balaban J connectivity index is 2.09. The van der Waals surface area contributed by atoms with Crippen LogP contribution in [0.4, 0.5) is 0 Å². The van der Waals surface area contributed by atoms with Crippen LogP contribution in [0, 0.1) is 13.8 Å². The summed E-state index contributed by atoms with van der Waals surface area (Å²) in [5.41, 5.74) is 1.03. The van der Waals surface area contributed by atoms with E-state index in [2.05, 4.69) is 9.97 Å². The molecule has 0 aromatic carbocycles. The SMILES string of the molecule is Cc1sc2nc(Cn3ccn(C)c3=O)nc(Cl)c2c1C. The Morgan fingerprint density at radius 2 is 2.05 bits per heavy atom. The average molecular weight is 309 g/mol. The van der Waals surface area contributed by atoms with Crippen LogP contribution in [-0.4, -0.2) is 19.1 Å². The number of aryl methyl sites for hydroxylation is 3. The summed E-state index contributed by atoms with van der Waals surface area (Å²) in [5, 5.41) is 1.37. The smallest absolute Gasteiger partial charge is 0.302 e. The van der Waals surface area contributed by atoms with Crippen molar-refractivity contribution in [1.29, 1.82) is 0 Å². The van der Waals surface area contributed by atoms with Gasteiger partial charge in [0.05, 0.1) is 11.9 Å². The van der Waals surface area contributed by atoms with Crippen molar-refractivity contribution >= 4 is 33.2 Å². The first-order valence-electron chi connectivity index (χ1n) is 6.11. The maximum Gasteiger partial charge on any atom is 0.328 e. The lowest BCUT2D eigenvalue weighted by Gasteiger charge is -2.02. The van der Waals surface area contributed by atoms with Gasteiger partial charge in [-0.2, -0.15) is 0 Å². The third-order valence-corrected chi connectivity index (χ3v) is 4.73. The Morgan fingerprint density at radius 1 is 1.30 bits per heavy atom. The van der Waals surface area contributed by atoms with Gasteiger partial charge in [0, 0.05) is 24.3 Å². The van der Waals surface area contributed by atoms with Gasteiger partial charge in [0.15, 0.2) is 5.82 Å². The van der Waals surface area contributed by atoms with Gasteiger partial charge in [-0.15, -0.1) is 11.3 Å². The minimum atomic E-state index is -0.0941. The summed E-state index contributed by atoms with van der Waals surface area (Å²) in [6.45, 7) is 4.38. The fraction of sp³-hybridized carbons (Fsp3) is 0.308. The molecule has 3 aromatic rings. The maximum absolute atomic E-state index is 11.8. The lowest BCUT2D eigenvalue weighted by atomic mass is 10.2. The van der Waals surface area contributed by atoms with E-state index in [1.165, 1.54) is 9.44 Å². The normalized spacial score (nSPS) is 11.4. The number of aromatic nitrogens is 4. The molecule has 0 spiro atoms. The average Bonchev–Trinajstić information content (AvgIpc) is 2.84. The van der Waals surface area contributed by atoms with Crippen molar-refractivity contribution in [3.63, 3.8) is 0 Å². The lowest BCUT2D eigenvalue weighted by Crippen LogP contribution is -2.23. The molecule has 0 saturated heterocycles. The molecule has 0 aliphatic rings. The van der Waals surface area contributed by atoms with Crippen molar-refractivity contribution in [2.24, 2.45) is 7.05 Å². The molecule has 0 fully saturated rings. The van der Waals surface area contributed by atoms with Crippen molar-refractivity contribution in [1.82, 2.24) is 19.1 Å². The van der Waals surface area contributed by atoms with Crippen LogP contribution in [0.3, 0.4) is 0 Å². The van der Waals surface area contributed by atoms with E-state index in [4.69, 9.17) is 11.6 Å². The van der Waals surface area contributed by atoms with E-state index in [-0.39, 0.29) is 5.69 Å². The zero-order valence-electron chi connectivity index (χ0n) is 11.3. The van der Waals surface area contributed by atoms with Crippen LogP contribution in [-0.2, 0) is 13.6 Å². The third-order valence-electron chi connectivity index (χ3n) is 3.36. The zero-order chi connectivity index (χ0) is 14.4. The summed E-state index contributed by atoms with van der Waals surface area (Å²) in [6.07, 6.45) is 3.43. The Morgan fingerprint density at radius 3 is 2.70 bits per heavy atom. The third kappa shape index (κ3) is 2.05. The van der Waals surface area contributed by atoms with Gasteiger partial charge in [-0.1, -0.05) is 11.6 Å². The quantitative estimate of drug-likeness (QED) is 0.684. The minimum Gasteiger partial charge on any atom is -0.302 e. The van der Waals surface area contributed by atoms with E-state index in [9.17, 15) is 4.79 Å². The first-order valence-corrected chi connectivity index (χ1v) is 7.30. The molecular weight excluding hydrogens is 296 g/mol. The predicted molar refractivity (Wildman–Crippen MR) is 80.7 cm³/mol. The van der Waals surface area contributed by atoms with E-state index in [1.807, 2.05) is 13.8 Å². The number of hydrogen-bond acceptors (Lipinski definition) is 4. The van der Waals surface area contributed by atoms with Gasteiger partial charge >= 0.3 is 5.69 Å². The van der Waals surface area contributed by atoms with Crippen molar-refractivity contribution in [3.8, 4) is 0 Å². The highest BCUT2D eigenvalue weighted by Gasteiger charge is 2.14. The van der Waals surface area contributed by atoms with Gasteiger partial charge in [0.1, 0.15) is 9.98 Å². The Bertz CT molecular complexity index is 861. The highest BCUT2D eigenvalue weighted by atomic mass is 35.5. The number of rotatable bonds is 2. The van der Waals surface area contributed by atoms with Gasteiger partial charge in [0.25, 0.3) is 0 Å². The molecular formula is C13H13ClN4OS. The van der Waals surface area contributed by atoms with E-state index in [0.29, 0.717) is 17.5 Å². The van der Waals surface area contributed by atoms with Crippen LogP contribution in [0.15, 0.2) is 17.2 Å². The second-order valence-electron chi connectivity index (χ2n) is 4.71. The van der Waals surface area contributed by atoms with Crippen LogP contribution in [0.1, 0.15) is 16.3 Å². The van der Waals surface area contributed by atoms with Crippen LogP contribution in [0.2, 0.25) is 5.15 Å². The van der Waals surface area contributed by atoms with E-state index in [1.54, 1.807) is 35.3 Å². The molecule has 20 heavy (non-hydrogen) atoms. The Kier molecular flexibility index (Phi) is 3.14. The molecule has 0 bridgehead atoms. The molecule has 0 amide bonds. The molecule has 0 radical (unpaired) electrons. The molecule has 0 aliphatic heterocycles. The summed E-state index contributed by atoms with van der Waals surface area (Å²) in [6, 6.07) is 0. The van der Waals surface area contributed by atoms with Gasteiger partial charge in [-0.05, 0) is 19.4 Å². The summed E-state index contributed by atoms with van der Waals surface area (Å²) in [5.74, 6) is 0.553. The van der Waals surface area contributed by atoms with Crippen LogP contribution in [0.5, 0.6) is 0 Å². The summed E-state index contributed by atoms with van der Waals surface area (Å²) >= 11 is 7.85. The molecule has 5 nitrogen and oxygen atoms in total. The summed E-state index contributed by atoms with van der Waals surface area (Å²) < 4.78 is 3.07. The molecule has 0 aliphatic carbocycles. The lowest BCUT2D eigenvalue weighted by molar-refractivity contribution is 0.690. The summed E-state index contributed by atoms with van der Waals surface area (Å²) in [4.78, 5) is 22.7. The number of fused-ring (bicyclic) bond motifs is 1. The number of imidazole rings is 1. The van der Waals surface area contributed by atoms with Crippen molar-refractivity contribution in [2.75, 3.05) is 0 Å². The number of halogens is 1. The fourth-order valence-corrected chi connectivity index (χ4v) is 3.53. The fourth-order valence-electron chi connectivity index (χ4n) is 2.10. The Hall–Kier alpha value is -1.66. The van der Waals surface area contributed by atoms with Crippen LogP contribution >= 0.6 is 22.9 Å². The molecule has 0 saturated carbocycles. The standard InChI is InChI=1S/C13H13ClN4OS/c1-7-8(2)20-12-10(7)11(14)15-9(16-12)6-18-5-4-17(3)13(18)19/h4-5H,6H2,1-3H3. The molecule has 0 N–H and O–H groups in total. The second kappa shape index (κ2) is 4.71. The van der Waals surface area contributed by atoms with Crippen LogP contribution < -0.4 is 5.69 Å². The van der Waals surface area contributed by atoms with Crippen LogP contribution in [0.25, 0.3) is 10.2 Å². The first-order chi connectivity index (χ1) is 9.47. The van der Waals surface area contributed by atoms with Gasteiger partial charge in [-0.3, -0.25) is 4.57 Å². The highest BCUT2D eigenvalue weighted by Crippen LogP contribution is 2.32. The second-order valence-corrected chi connectivity index (χ2v) is 6.27. The molecule has 0 atom stereocenters. The number of nitrogens with zero attached hydrogens (tertiary/aromatic N) is 4. The summed E-state index contributed by atoms with van der Waals surface area (Å²) in [7, 11) is 1.71. The molecule has 7 heteroatoms. The van der Waals surface area contributed by atoms with Gasteiger partial charge in [-0.25, -0.2) is 14.8 Å². The number of hydrogen-bond donors (Lipinski definition) is 0. The first kappa shape index (κ1) is 13.3. The highest BCUT2D eigenvalue weighted by molar-refractivity contribution is 7.18. The van der Waals surface area contributed by atoms with Gasteiger partial charge < -0.3 is 4.57 Å².